The highest BCUT2D eigenvalue weighted by molar-refractivity contribution is 5.70. The molecule has 1 amide bonds. The molecule has 3 aromatic rings. The maximum absolute atomic E-state index is 14.6. The van der Waals surface area contributed by atoms with Gasteiger partial charge in [0, 0.05) is 82.1 Å². The van der Waals surface area contributed by atoms with Gasteiger partial charge in [-0.2, -0.15) is 0 Å². The number of halogens is 2. The summed E-state index contributed by atoms with van der Waals surface area (Å²) >= 11 is 0. The summed E-state index contributed by atoms with van der Waals surface area (Å²) < 4.78 is 53.3. The van der Waals surface area contributed by atoms with E-state index in [1.54, 1.807) is 4.90 Å². The number of carbonyl (C=O) groups excluding carboxylic acids is 1. The molecular formula is C37H42F2N6O5. The molecule has 2 spiro atoms. The Hall–Kier alpha value is -4.07. The van der Waals surface area contributed by atoms with Gasteiger partial charge >= 0.3 is 6.09 Å². The van der Waals surface area contributed by atoms with Gasteiger partial charge in [-0.3, -0.25) is 9.88 Å². The van der Waals surface area contributed by atoms with Crippen LogP contribution in [0.15, 0.2) is 48.7 Å². The zero-order chi connectivity index (χ0) is 34.0. The highest BCUT2D eigenvalue weighted by atomic mass is 19.3. The third kappa shape index (κ3) is 5.19. The third-order valence-electron chi connectivity index (χ3n) is 11.6. The Kier molecular flexibility index (Phi) is 7.85. The number of hydrogen-bond acceptors (Lipinski definition) is 10. The molecule has 0 bridgehead atoms. The Balaban J connectivity index is 0.887. The summed E-state index contributed by atoms with van der Waals surface area (Å²) in [7, 11) is 0. The van der Waals surface area contributed by atoms with Gasteiger partial charge in [-0.15, -0.1) is 0 Å². The van der Waals surface area contributed by atoms with Gasteiger partial charge in [-0.25, -0.2) is 18.6 Å². The van der Waals surface area contributed by atoms with Gasteiger partial charge in [0.1, 0.15) is 18.0 Å². The molecule has 9 rings (SSSR count). The minimum atomic E-state index is -2.76. The first-order chi connectivity index (χ1) is 24.3. The van der Waals surface area contributed by atoms with Crippen LogP contribution in [0, 0.1) is 6.92 Å². The fourth-order valence-corrected chi connectivity index (χ4v) is 8.92. The number of amides is 1. The minimum absolute atomic E-state index is 0.123. The molecule has 6 aliphatic heterocycles. The van der Waals surface area contributed by atoms with Gasteiger partial charge in [-0.1, -0.05) is 30.3 Å². The van der Waals surface area contributed by atoms with E-state index in [-0.39, 0.29) is 36.2 Å². The fourth-order valence-electron chi connectivity index (χ4n) is 8.92. The van der Waals surface area contributed by atoms with Crippen LogP contribution in [0.1, 0.15) is 53.8 Å². The number of ether oxygens (including phenoxy) is 4. The molecule has 2 atom stereocenters. The Morgan fingerprint density at radius 2 is 1.80 bits per heavy atom. The molecule has 0 saturated carbocycles. The molecular weight excluding hydrogens is 646 g/mol. The second-order valence-electron chi connectivity index (χ2n) is 14.4. The van der Waals surface area contributed by atoms with Crippen molar-refractivity contribution in [2.45, 2.75) is 62.5 Å². The number of aryl methyl sites for hydroxylation is 1. The number of piperazine rings is 1. The van der Waals surface area contributed by atoms with Crippen LogP contribution in [-0.2, 0) is 32.0 Å². The molecule has 13 heteroatoms. The summed E-state index contributed by atoms with van der Waals surface area (Å²) in [5.74, 6) is 0.748. The third-order valence-corrected chi connectivity index (χ3v) is 11.6. The van der Waals surface area contributed by atoms with Crippen molar-refractivity contribution in [3.8, 4) is 5.75 Å². The minimum Gasteiger partial charge on any atom is -0.489 e. The number of piperidine rings is 1. The zero-order valence-corrected chi connectivity index (χ0v) is 28.2. The van der Waals surface area contributed by atoms with Crippen LogP contribution < -0.4 is 14.5 Å². The summed E-state index contributed by atoms with van der Waals surface area (Å²) in [4.78, 5) is 30.5. The smallest absolute Gasteiger partial charge is 0.410 e. The van der Waals surface area contributed by atoms with Gasteiger partial charge in [0.2, 0.25) is 0 Å². The SMILES string of the molecule is Cc1ccnc2c1C1(CCN(c3cc4c(c(C(F)F)n3)OCC[C@H]3[C@H](N5CCN(C(=O)OCc6ccccc6)CC5)CN43)CC1)OC21COC1. The van der Waals surface area contributed by atoms with Crippen molar-refractivity contribution in [1.82, 2.24) is 19.8 Å². The van der Waals surface area contributed by atoms with Crippen LogP contribution in [0.4, 0.5) is 25.1 Å². The molecule has 50 heavy (non-hydrogen) atoms. The number of anilines is 2. The lowest BCUT2D eigenvalue weighted by atomic mass is 9.81. The number of pyridine rings is 2. The maximum Gasteiger partial charge on any atom is 0.410 e. The lowest BCUT2D eigenvalue weighted by molar-refractivity contribution is -0.260. The first-order valence-electron chi connectivity index (χ1n) is 17.8. The number of rotatable bonds is 5. The molecule has 8 heterocycles. The molecule has 264 valence electrons. The highest BCUT2D eigenvalue weighted by Crippen LogP contribution is 2.55. The van der Waals surface area contributed by atoms with E-state index in [2.05, 4.69) is 26.6 Å². The number of alkyl halides is 2. The van der Waals surface area contributed by atoms with E-state index < -0.39 is 17.6 Å². The lowest BCUT2D eigenvalue weighted by Crippen LogP contribution is -2.69. The van der Waals surface area contributed by atoms with Crippen LogP contribution in [-0.4, -0.2) is 104 Å². The van der Waals surface area contributed by atoms with E-state index in [4.69, 9.17) is 23.9 Å². The first-order valence-corrected chi connectivity index (χ1v) is 17.8. The predicted molar refractivity (Wildman–Crippen MR) is 180 cm³/mol. The molecule has 6 aliphatic rings. The summed E-state index contributed by atoms with van der Waals surface area (Å²) in [6, 6.07) is 14.0. The van der Waals surface area contributed by atoms with Crippen molar-refractivity contribution in [2.24, 2.45) is 0 Å². The van der Waals surface area contributed by atoms with E-state index in [1.807, 2.05) is 48.7 Å². The molecule has 4 saturated heterocycles. The van der Waals surface area contributed by atoms with Crippen LogP contribution in [0.25, 0.3) is 0 Å². The second kappa shape index (κ2) is 12.3. The largest absolute Gasteiger partial charge is 0.489 e. The Morgan fingerprint density at radius 3 is 2.52 bits per heavy atom. The van der Waals surface area contributed by atoms with E-state index >= 15 is 0 Å². The molecule has 2 aromatic heterocycles. The molecule has 11 nitrogen and oxygen atoms in total. The predicted octanol–water partition coefficient (Wildman–Crippen LogP) is 4.77. The molecule has 4 fully saturated rings. The maximum atomic E-state index is 14.6. The van der Waals surface area contributed by atoms with Crippen LogP contribution >= 0.6 is 0 Å². The fraction of sp³-hybridized carbons (Fsp3) is 0.541. The monoisotopic (exact) mass is 688 g/mol. The highest BCUT2D eigenvalue weighted by Gasteiger charge is 2.59. The number of fused-ring (bicyclic) bond motifs is 6. The quantitative estimate of drug-likeness (QED) is 0.374. The van der Waals surface area contributed by atoms with Gasteiger partial charge < -0.3 is 33.6 Å². The average molecular weight is 689 g/mol. The summed E-state index contributed by atoms with van der Waals surface area (Å²) in [5.41, 5.74) is 3.70. The summed E-state index contributed by atoms with van der Waals surface area (Å²) in [6.45, 7) is 8.28. The van der Waals surface area contributed by atoms with Crippen molar-refractivity contribution in [3.05, 3.63) is 76.7 Å². The van der Waals surface area contributed by atoms with Gasteiger partial charge in [-0.05, 0) is 37.0 Å². The Morgan fingerprint density at radius 1 is 1.02 bits per heavy atom. The molecule has 0 unspecified atom stereocenters. The van der Waals surface area contributed by atoms with Crippen LogP contribution in [0.3, 0.4) is 0 Å². The van der Waals surface area contributed by atoms with E-state index in [1.165, 1.54) is 5.56 Å². The average Bonchev–Trinajstić information content (AvgIpc) is 3.33. The number of aromatic nitrogens is 2. The first kappa shape index (κ1) is 31.9. The summed E-state index contributed by atoms with van der Waals surface area (Å²) in [6.07, 6.45) is 0.910. The number of carbonyl (C=O) groups is 1. The standard InChI is InChI=1S/C37H42F2N6O5/c1-24-7-11-40-33-30(24)36(50-37(33)22-47-23-37)9-12-43(13-10-36)29-19-27-32(31(41-29)34(38)39)48-18-8-26-28(20-45(26)27)42-14-16-44(17-15-42)35(46)49-21-25-5-3-2-4-6-25/h2-7,11,19,26,28,34H,8-10,12-18,20-23H2,1H3/t26-,28+/m0/s1. The van der Waals surface area contributed by atoms with Crippen molar-refractivity contribution < 1.29 is 32.5 Å². The Labute approximate surface area is 290 Å². The van der Waals surface area contributed by atoms with Crippen LogP contribution in [0.2, 0.25) is 0 Å². The molecule has 0 N–H and O–H groups in total. The molecule has 0 radical (unpaired) electrons. The van der Waals surface area contributed by atoms with Gasteiger partial charge in [0.15, 0.2) is 17.0 Å². The number of nitrogens with zero attached hydrogens (tertiary/aromatic N) is 6. The topological polar surface area (TPSA) is 92.7 Å². The van der Waals surface area contributed by atoms with Gasteiger partial charge in [0.05, 0.1) is 31.2 Å². The second-order valence-corrected chi connectivity index (χ2v) is 14.4. The van der Waals surface area contributed by atoms with Crippen molar-refractivity contribution in [1.29, 1.82) is 0 Å². The molecule has 1 aromatic carbocycles. The summed E-state index contributed by atoms with van der Waals surface area (Å²) in [5, 5.41) is 0. The van der Waals surface area contributed by atoms with Crippen molar-refractivity contribution >= 4 is 17.6 Å². The van der Waals surface area contributed by atoms with Gasteiger partial charge in [0.25, 0.3) is 6.43 Å². The zero-order valence-electron chi connectivity index (χ0n) is 28.2. The van der Waals surface area contributed by atoms with E-state index in [0.717, 1.165) is 36.3 Å². The van der Waals surface area contributed by atoms with Crippen molar-refractivity contribution in [2.75, 3.05) is 75.4 Å². The van der Waals surface area contributed by atoms with Crippen molar-refractivity contribution in [3.63, 3.8) is 0 Å². The Bertz CT molecular complexity index is 1760. The molecule has 0 aliphatic carbocycles. The lowest BCUT2D eigenvalue weighted by Gasteiger charge is -2.54. The van der Waals surface area contributed by atoms with E-state index in [9.17, 15) is 13.6 Å². The van der Waals surface area contributed by atoms with Crippen LogP contribution in [0.5, 0.6) is 5.75 Å². The number of benzene rings is 1. The number of hydrogen-bond donors (Lipinski definition) is 0. The van der Waals surface area contributed by atoms with E-state index in [0.29, 0.717) is 76.9 Å². The normalized spacial score (nSPS) is 24.9.